The van der Waals surface area contributed by atoms with Crippen molar-refractivity contribution in [2.45, 2.75) is 13.0 Å². The molecule has 0 aliphatic rings. The van der Waals surface area contributed by atoms with Gasteiger partial charge in [0.15, 0.2) is 0 Å². The standard InChI is InChI=1S/C9H15N3OS/c1-10-9(13)7-14-6-2-4-12-5-3-11-8-12/h3,5,8H,2,4,6-7H2,1H3,(H,10,13). The second-order valence-corrected chi connectivity index (χ2v) is 3.98. The molecule has 1 rings (SSSR count). The summed E-state index contributed by atoms with van der Waals surface area (Å²) in [6.07, 6.45) is 6.60. The number of imidazole rings is 1. The Bertz CT molecular complexity index is 261. The number of hydrogen-bond donors (Lipinski definition) is 1. The van der Waals surface area contributed by atoms with Crippen LogP contribution in [0.25, 0.3) is 0 Å². The van der Waals surface area contributed by atoms with Gasteiger partial charge in [-0.05, 0) is 12.2 Å². The predicted octanol–water partition coefficient (Wildman–Crippen LogP) is 0.752. The number of thioether (sulfide) groups is 1. The van der Waals surface area contributed by atoms with Crippen molar-refractivity contribution in [1.82, 2.24) is 14.9 Å². The molecule has 5 heteroatoms. The molecule has 1 aromatic rings. The maximum absolute atomic E-state index is 10.9. The van der Waals surface area contributed by atoms with Gasteiger partial charge in [-0.1, -0.05) is 0 Å². The largest absolute Gasteiger partial charge is 0.358 e. The van der Waals surface area contributed by atoms with Crippen molar-refractivity contribution >= 4 is 17.7 Å². The van der Waals surface area contributed by atoms with Gasteiger partial charge in [-0.15, -0.1) is 0 Å². The van der Waals surface area contributed by atoms with Gasteiger partial charge in [0.05, 0.1) is 12.1 Å². The Morgan fingerprint density at radius 3 is 3.14 bits per heavy atom. The van der Waals surface area contributed by atoms with E-state index in [1.807, 2.05) is 17.1 Å². The summed E-state index contributed by atoms with van der Waals surface area (Å²) in [6.45, 7) is 0.973. The van der Waals surface area contributed by atoms with Gasteiger partial charge in [0.2, 0.25) is 5.91 Å². The lowest BCUT2D eigenvalue weighted by atomic mass is 10.5. The molecule has 0 aliphatic carbocycles. The molecule has 0 saturated carbocycles. The lowest BCUT2D eigenvalue weighted by Crippen LogP contribution is -2.20. The number of aryl methyl sites for hydroxylation is 1. The number of nitrogens with zero attached hydrogens (tertiary/aromatic N) is 2. The average Bonchev–Trinajstić information content (AvgIpc) is 2.69. The van der Waals surface area contributed by atoms with E-state index in [0.717, 1.165) is 18.7 Å². The first-order valence-corrected chi connectivity index (χ1v) is 5.72. The van der Waals surface area contributed by atoms with Gasteiger partial charge in [0.25, 0.3) is 0 Å². The first-order chi connectivity index (χ1) is 6.83. The van der Waals surface area contributed by atoms with Crippen molar-refractivity contribution in [1.29, 1.82) is 0 Å². The van der Waals surface area contributed by atoms with Crippen LogP contribution in [-0.4, -0.2) is 34.0 Å². The Balaban J connectivity index is 1.97. The van der Waals surface area contributed by atoms with Crippen molar-refractivity contribution in [3.05, 3.63) is 18.7 Å². The van der Waals surface area contributed by atoms with Gasteiger partial charge in [-0.25, -0.2) is 4.98 Å². The van der Waals surface area contributed by atoms with Crippen LogP contribution >= 0.6 is 11.8 Å². The number of carbonyl (C=O) groups is 1. The molecular weight excluding hydrogens is 198 g/mol. The summed E-state index contributed by atoms with van der Waals surface area (Å²) in [5.41, 5.74) is 0. The van der Waals surface area contributed by atoms with Crippen molar-refractivity contribution < 1.29 is 4.79 Å². The van der Waals surface area contributed by atoms with Gasteiger partial charge < -0.3 is 9.88 Å². The lowest BCUT2D eigenvalue weighted by Gasteiger charge is -2.01. The fraction of sp³-hybridized carbons (Fsp3) is 0.556. The van der Waals surface area contributed by atoms with E-state index in [2.05, 4.69) is 10.3 Å². The molecule has 0 aromatic carbocycles. The fourth-order valence-corrected chi connectivity index (χ4v) is 1.81. The Morgan fingerprint density at radius 2 is 2.50 bits per heavy atom. The summed E-state index contributed by atoms with van der Waals surface area (Å²) >= 11 is 1.66. The Labute approximate surface area is 88.1 Å². The van der Waals surface area contributed by atoms with E-state index in [1.165, 1.54) is 0 Å². The predicted molar refractivity (Wildman–Crippen MR) is 58.2 cm³/mol. The molecule has 0 atom stereocenters. The molecule has 4 nitrogen and oxygen atoms in total. The lowest BCUT2D eigenvalue weighted by molar-refractivity contribution is -0.118. The summed E-state index contributed by atoms with van der Waals surface area (Å²) in [7, 11) is 1.66. The van der Waals surface area contributed by atoms with Crippen molar-refractivity contribution in [3.8, 4) is 0 Å². The Morgan fingerprint density at radius 1 is 1.64 bits per heavy atom. The quantitative estimate of drug-likeness (QED) is 0.709. The minimum Gasteiger partial charge on any atom is -0.358 e. The van der Waals surface area contributed by atoms with Crippen LogP contribution in [-0.2, 0) is 11.3 Å². The Hall–Kier alpha value is -0.970. The van der Waals surface area contributed by atoms with Crippen LogP contribution < -0.4 is 5.32 Å². The molecule has 1 amide bonds. The van der Waals surface area contributed by atoms with E-state index in [9.17, 15) is 4.79 Å². The fourth-order valence-electron chi connectivity index (χ4n) is 1.01. The van der Waals surface area contributed by atoms with Gasteiger partial charge in [0, 0.05) is 26.0 Å². The zero-order chi connectivity index (χ0) is 10.2. The number of hydrogen-bond acceptors (Lipinski definition) is 3. The van der Waals surface area contributed by atoms with Gasteiger partial charge in [0.1, 0.15) is 0 Å². The first-order valence-electron chi connectivity index (χ1n) is 4.57. The maximum atomic E-state index is 10.9. The molecule has 14 heavy (non-hydrogen) atoms. The minimum atomic E-state index is 0.0950. The van der Waals surface area contributed by atoms with Crippen LogP contribution in [0.15, 0.2) is 18.7 Å². The summed E-state index contributed by atoms with van der Waals surface area (Å²) in [4.78, 5) is 14.8. The summed E-state index contributed by atoms with van der Waals surface area (Å²) in [6, 6.07) is 0. The maximum Gasteiger partial charge on any atom is 0.229 e. The number of aromatic nitrogens is 2. The molecule has 1 N–H and O–H groups in total. The third-order valence-electron chi connectivity index (χ3n) is 1.78. The second kappa shape index (κ2) is 6.48. The van der Waals surface area contributed by atoms with Gasteiger partial charge >= 0.3 is 0 Å². The van der Waals surface area contributed by atoms with E-state index in [0.29, 0.717) is 5.75 Å². The van der Waals surface area contributed by atoms with Crippen LogP contribution in [0.3, 0.4) is 0 Å². The van der Waals surface area contributed by atoms with Crippen LogP contribution in [0.4, 0.5) is 0 Å². The van der Waals surface area contributed by atoms with Crippen LogP contribution in [0, 0.1) is 0 Å². The number of nitrogens with one attached hydrogen (secondary N) is 1. The molecule has 1 aromatic heterocycles. The molecule has 78 valence electrons. The topological polar surface area (TPSA) is 46.9 Å². The molecule has 0 bridgehead atoms. The van der Waals surface area contributed by atoms with E-state index in [-0.39, 0.29) is 5.91 Å². The van der Waals surface area contributed by atoms with Crippen molar-refractivity contribution in [2.24, 2.45) is 0 Å². The third kappa shape index (κ3) is 4.32. The summed E-state index contributed by atoms with van der Waals surface area (Å²) in [5, 5.41) is 2.59. The van der Waals surface area contributed by atoms with Crippen LogP contribution in [0.1, 0.15) is 6.42 Å². The molecule has 0 fully saturated rings. The first kappa shape index (κ1) is 11.1. The average molecular weight is 213 g/mol. The smallest absolute Gasteiger partial charge is 0.229 e. The molecular formula is C9H15N3OS. The monoisotopic (exact) mass is 213 g/mol. The summed E-state index contributed by atoms with van der Waals surface area (Å²) < 4.78 is 2.04. The zero-order valence-corrected chi connectivity index (χ0v) is 9.09. The highest BCUT2D eigenvalue weighted by atomic mass is 32.2. The second-order valence-electron chi connectivity index (χ2n) is 2.88. The molecule has 0 radical (unpaired) electrons. The Kier molecular flexibility index (Phi) is 5.14. The highest BCUT2D eigenvalue weighted by Crippen LogP contribution is 2.03. The van der Waals surface area contributed by atoms with Crippen LogP contribution in [0.5, 0.6) is 0 Å². The highest BCUT2D eigenvalue weighted by Gasteiger charge is 1.97. The van der Waals surface area contributed by atoms with Gasteiger partial charge in [-0.2, -0.15) is 11.8 Å². The third-order valence-corrected chi connectivity index (χ3v) is 2.82. The van der Waals surface area contributed by atoms with Crippen molar-refractivity contribution in [2.75, 3.05) is 18.6 Å². The summed E-state index contributed by atoms with van der Waals surface area (Å²) in [5.74, 6) is 1.66. The zero-order valence-electron chi connectivity index (χ0n) is 8.27. The highest BCUT2D eigenvalue weighted by molar-refractivity contribution is 7.99. The number of carbonyl (C=O) groups excluding carboxylic acids is 1. The molecule has 0 saturated heterocycles. The molecule has 0 aliphatic heterocycles. The molecule has 1 heterocycles. The van der Waals surface area contributed by atoms with E-state index >= 15 is 0 Å². The van der Waals surface area contributed by atoms with E-state index < -0.39 is 0 Å². The minimum absolute atomic E-state index is 0.0950. The van der Waals surface area contributed by atoms with Crippen LogP contribution in [0.2, 0.25) is 0 Å². The van der Waals surface area contributed by atoms with Gasteiger partial charge in [-0.3, -0.25) is 4.79 Å². The SMILES string of the molecule is CNC(=O)CSCCCn1ccnc1. The molecule has 0 unspecified atom stereocenters. The normalized spacial score (nSPS) is 10.1. The van der Waals surface area contributed by atoms with E-state index in [1.54, 1.807) is 25.0 Å². The number of amides is 1. The number of rotatable bonds is 6. The van der Waals surface area contributed by atoms with Crippen molar-refractivity contribution in [3.63, 3.8) is 0 Å². The van der Waals surface area contributed by atoms with E-state index in [4.69, 9.17) is 0 Å². The molecule has 0 spiro atoms.